The van der Waals surface area contributed by atoms with Crippen LogP contribution in [-0.4, -0.2) is 9.55 Å². The Morgan fingerprint density at radius 1 is 1.44 bits per heavy atom. The lowest BCUT2D eigenvalue weighted by molar-refractivity contribution is -0.204. The van der Waals surface area contributed by atoms with E-state index in [0.717, 1.165) is 12.4 Å². The van der Waals surface area contributed by atoms with Crippen LogP contribution in [0.4, 0.5) is 13.2 Å². The summed E-state index contributed by atoms with van der Waals surface area (Å²) in [6, 6.07) is 0. The second-order valence-corrected chi connectivity index (χ2v) is 1.37. The summed E-state index contributed by atoms with van der Waals surface area (Å²) in [7, 11) is 0. The molecule has 1 radical (unpaired) electrons. The van der Waals surface area contributed by atoms with Gasteiger partial charge in [-0.25, -0.2) is 9.55 Å². The van der Waals surface area contributed by atoms with Crippen molar-refractivity contribution in [3.8, 4) is 0 Å². The number of nitrogens with zero attached hydrogens (tertiary/aromatic N) is 2. The van der Waals surface area contributed by atoms with Crippen molar-refractivity contribution in [2.45, 2.75) is 6.30 Å². The average molecular weight is 135 g/mol. The first-order valence-corrected chi connectivity index (χ1v) is 2.09. The van der Waals surface area contributed by atoms with E-state index in [9.17, 15) is 13.2 Å². The minimum Gasteiger partial charge on any atom is -0.238 e. The molecule has 0 saturated heterocycles. The molecule has 0 fully saturated rings. The maximum Gasteiger partial charge on any atom is 0.490 e. The molecule has 0 aliphatic rings. The second kappa shape index (κ2) is 1.75. The highest BCUT2D eigenvalue weighted by Gasteiger charge is 2.29. The van der Waals surface area contributed by atoms with Crippen molar-refractivity contribution in [1.29, 1.82) is 0 Å². The van der Waals surface area contributed by atoms with Gasteiger partial charge in [0.2, 0.25) is 0 Å². The van der Waals surface area contributed by atoms with Crippen LogP contribution in [0.25, 0.3) is 0 Å². The number of alkyl halides is 3. The van der Waals surface area contributed by atoms with E-state index in [1.54, 1.807) is 6.33 Å². The van der Waals surface area contributed by atoms with Crippen LogP contribution >= 0.6 is 0 Å². The standard InChI is InChI=1S/C4H2F3N2/c5-4(6,7)9-2-1-8-3-9/h1-2H. The zero-order valence-corrected chi connectivity index (χ0v) is 4.18. The first-order chi connectivity index (χ1) is 4.11. The maximum atomic E-state index is 11.5. The van der Waals surface area contributed by atoms with Crippen molar-refractivity contribution >= 4 is 0 Å². The van der Waals surface area contributed by atoms with E-state index in [1.165, 1.54) is 0 Å². The predicted molar refractivity (Wildman–Crippen MR) is 22.4 cm³/mol. The van der Waals surface area contributed by atoms with Gasteiger partial charge in [0.1, 0.15) is 0 Å². The summed E-state index contributed by atoms with van der Waals surface area (Å²) >= 11 is 0. The van der Waals surface area contributed by atoms with Crippen LogP contribution in [0.3, 0.4) is 0 Å². The molecule has 0 saturated carbocycles. The molecule has 1 heterocycles. The highest BCUT2D eigenvalue weighted by molar-refractivity contribution is 4.74. The Balaban J connectivity index is 2.90. The van der Waals surface area contributed by atoms with Crippen molar-refractivity contribution in [3.05, 3.63) is 18.7 Å². The molecule has 0 unspecified atom stereocenters. The largest absolute Gasteiger partial charge is 0.490 e. The Bertz CT molecular complexity index is 176. The van der Waals surface area contributed by atoms with Crippen LogP contribution in [0, 0.1) is 6.33 Å². The van der Waals surface area contributed by atoms with Gasteiger partial charge in [-0.15, -0.1) is 13.2 Å². The van der Waals surface area contributed by atoms with E-state index in [1.807, 2.05) is 0 Å². The van der Waals surface area contributed by atoms with E-state index < -0.39 is 6.30 Å². The molecule has 1 aromatic rings. The summed E-state index contributed by atoms with van der Waals surface area (Å²) in [4.78, 5) is 3.11. The van der Waals surface area contributed by atoms with Crippen LogP contribution < -0.4 is 0 Å². The number of rotatable bonds is 0. The molecule has 0 spiro atoms. The first-order valence-electron chi connectivity index (χ1n) is 2.09. The molecule has 0 amide bonds. The van der Waals surface area contributed by atoms with E-state index in [0.29, 0.717) is 0 Å². The van der Waals surface area contributed by atoms with Crippen molar-refractivity contribution in [2.75, 3.05) is 0 Å². The molecule has 0 aromatic carbocycles. The molecule has 0 aliphatic carbocycles. The van der Waals surface area contributed by atoms with Gasteiger partial charge < -0.3 is 0 Å². The van der Waals surface area contributed by atoms with E-state index in [4.69, 9.17) is 0 Å². The fraction of sp³-hybridized carbons (Fsp3) is 0.250. The fourth-order valence-corrected chi connectivity index (χ4v) is 0.370. The molecule has 0 atom stereocenters. The number of halogens is 3. The van der Waals surface area contributed by atoms with Crippen molar-refractivity contribution in [1.82, 2.24) is 9.55 Å². The van der Waals surface area contributed by atoms with Gasteiger partial charge in [-0.2, -0.15) is 0 Å². The molecule has 5 heteroatoms. The molecule has 2 nitrogen and oxygen atoms in total. The normalized spacial score (nSPS) is 11.9. The Hall–Kier alpha value is -1.00. The Kier molecular flexibility index (Phi) is 1.19. The number of hydrogen-bond donors (Lipinski definition) is 0. The third-order valence-corrected chi connectivity index (χ3v) is 0.729. The lowest BCUT2D eigenvalue weighted by Gasteiger charge is -2.03. The van der Waals surface area contributed by atoms with E-state index >= 15 is 0 Å². The van der Waals surface area contributed by atoms with Gasteiger partial charge in [0, 0.05) is 12.4 Å². The smallest absolute Gasteiger partial charge is 0.238 e. The van der Waals surface area contributed by atoms with Crippen molar-refractivity contribution in [3.63, 3.8) is 0 Å². The monoisotopic (exact) mass is 135 g/mol. The Labute approximate surface area is 48.9 Å². The average Bonchev–Trinajstić information content (AvgIpc) is 2.08. The van der Waals surface area contributed by atoms with Gasteiger partial charge in [-0.3, -0.25) is 0 Å². The molecule has 1 aromatic heterocycles. The number of imidazole rings is 1. The molecule has 1 rings (SSSR count). The lowest BCUT2D eigenvalue weighted by atomic mass is 10.9. The lowest BCUT2D eigenvalue weighted by Crippen LogP contribution is -2.14. The first kappa shape index (κ1) is 6.12. The summed E-state index contributed by atoms with van der Waals surface area (Å²) in [6.07, 6.45) is -0.847. The van der Waals surface area contributed by atoms with Gasteiger partial charge in [0.15, 0.2) is 6.33 Å². The molecular formula is C4H2F3N2. The molecule has 0 bridgehead atoms. The van der Waals surface area contributed by atoms with Crippen molar-refractivity contribution in [2.24, 2.45) is 0 Å². The van der Waals surface area contributed by atoms with Crippen LogP contribution in [0.2, 0.25) is 0 Å². The zero-order valence-electron chi connectivity index (χ0n) is 4.18. The van der Waals surface area contributed by atoms with Gasteiger partial charge in [0.25, 0.3) is 0 Å². The Morgan fingerprint density at radius 3 is 2.33 bits per heavy atom. The molecule has 9 heavy (non-hydrogen) atoms. The second-order valence-electron chi connectivity index (χ2n) is 1.37. The SMILES string of the molecule is FC(F)(F)n1[c]ncc1. The molecule has 49 valence electrons. The summed E-state index contributed by atoms with van der Waals surface area (Å²) in [5, 5.41) is 0. The van der Waals surface area contributed by atoms with Crippen molar-refractivity contribution < 1.29 is 13.2 Å². The number of aromatic nitrogens is 2. The number of hydrogen-bond acceptors (Lipinski definition) is 1. The fourth-order valence-electron chi connectivity index (χ4n) is 0.370. The summed E-state index contributed by atoms with van der Waals surface area (Å²) in [5.41, 5.74) is 0. The van der Waals surface area contributed by atoms with Crippen LogP contribution in [0.1, 0.15) is 0 Å². The summed E-state index contributed by atoms with van der Waals surface area (Å²) in [5.74, 6) is 0. The maximum absolute atomic E-state index is 11.5. The van der Waals surface area contributed by atoms with Gasteiger partial charge in [0.05, 0.1) is 0 Å². The Morgan fingerprint density at radius 2 is 2.11 bits per heavy atom. The van der Waals surface area contributed by atoms with Crippen LogP contribution in [0.5, 0.6) is 0 Å². The molecular weight excluding hydrogens is 133 g/mol. The topological polar surface area (TPSA) is 17.8 Å². The molecule has 0 aliphatic heterocycles. The van der Waals surface area contributed by atoms with Crippen LogP contribution in [-0.2, 0) is 6.30 Å². The minimum atomic E-state index is -4.38. The van der Waals surface area contributed by atoms with Gasteiger partial charge in [-0.1, -0.05) is 0 Å². The third kappa shape index (κ3) is 1.22. The third-order valence-electron chi connectivity index (χ3n) is 0.729. The zero-order chi connectivity index (χ0) is 6.91. The quantitative estimate of drug-likeness (QED) is 0.521. The van der Waals surface area contributed by atoms with Gasteiger partial charge in [-0.05, 0) is 0 Å². The highest BCUT2D eigenvalue weighted by atomic mass is 19.4. The predicted octanol–water partition coefficient (Wildman–Crippen LogP) is 1.16. The summed E-state index contributed by atoms with van der Waals surface area (Å²) in [6.45, 7) is 0. The molecule has 0 N–H and O–H groups in total. The van der Waals surface area contributed by atoms with Crippen LogP contribution in [0.15, 0.2) is 12.4 Å². The van der Waals surface area contributed by atoms with E-state index in [-0.39, 0.29) is 4.57 Å². The van der Waals surface area contributed by atoms with E-state index in [2.05, 4.69) is 4.98 Å². The minimum absolute atomic E-state index is 0.0486. The highest BCUT2D eigenvalue weighted by Crippen LogP contribution is 2.19. The summed E-state index contributed by atoms with van der Waals surface area (Å²) < 4.78 is 34.5. The van der Waals surface area contributed by atoms with Gasteiger partial charge >= 0.3 is 6.30 Å².